The first-order valence-electron chi connectivity index (χ1n) is 6.95. The molecule has 0 aromatic heterocycles. The number of benzene rings is 1. The van der Waals surface area contributed by atoms with Crippen LogP contribution >= 0.6 is 0 Å². The number of ether oxygens (including phenoxy) is 2. The molecule has 0 radical (unpaired) electrons. The van der Waals surface area contributed by atoms with Gasteiger partial charge in [0, 0.05) is 5.56 Å². The Hall–Kier alpha value is -1.48. The molecule has 0 bridgehead atoms. The minimum Gasteiger partial charge on any atom is -0.496 e. The molecule has 0 amide bonds. The summed E-state index contributed by atoms with van der Waals surface area (Å²) in [5.74, 6) is 1.90. The molecule has 0 saturated carbocycles. The predicted octanol–water partition coefficient (Wildman–Crippen LogP) is 3.50. The quantitative estimate of drug-likeness (QED) is 0.809. The molecule has 0 saturated heterocycles. The van der Waals surface area contributed by atoms with Gasteiger partial charge in [-0.05, 0) is 57.2 Å². The van der Waals surface area contributed by atoms with Crippen molar-refractivity contribution >= 4 is 0 Å². The van der Waals surface area contributed by atoms with Gasteiger partial charge in [-0.15, -0.1) is 0 Å². The number of rotatable bonds is 6. The lowest BCUT2D eigenvalue weighted by Crippen LogP contribution is -2.04. The zero-order chi connectivity index (χ0) is 15.3. The smallest absolute Gasteiger partial charge is 0.125 e. The molecule has 20 heavy (non-hydrogen) atoms. The number of hydrogen-bond acceptors (Lipinski definition) is 3. The van der Waals surface area contributed by atoms with Gasteiger partial charge in [-0.2, -0.15) is 0 Å². The summed E-state index contributed by atoms with van der Waals surface area (Å²) in [4.78, 5) is 0. The third-order valence-corrected chi connectivity index (χ3v) is 3.93. The molecular formula is C17H26O3. The van der Waals surface area contributed by atoms with Crippen molar-refractivity contribution in [2.75, 3.05) is 20.8 Å². The number of aliphatic hydroxyl groups is 1. The van der Waals surface area contributed by atoms with Crippen LogP contribution in [0.15, 0.2) is 11.6 Å². The maximum atomic E-state index is 8.93. The first kappa shape index (κ1) is 16.6. The Kier molecular flexibility index (Phi) is 6.08. The molecule has 0 heterocycles. The van der Waals surface area contributed by atoms with Crippen molar-refractivity contribution in [3.63, 3.8) is 0 Å². The first-order chi connectivity index (χ1) is 9.47. The van der Waals surface area contributed by atoms with Crippen molar-refractivity contribution in [1.29, 1.82) is 0 Å². The highest BCUT2D eigenvalue weighted by Gasteiger charge is 2.18. The lowest BCUT2D eigenvalue weighted by atomic mass is 9.93. The van der Waals surface area contributed by atoms with E-state index in [-0.39, 0.29) is 6.61 Å². The fraction of sp³-hybridized carbons (Fsp3) is 0.529. The van der Waals surface area contributed by atoms with Crippen LogP contribution in [0.25, 0.3) is 0 Å². The van der Waals surface area contributed by atoms with Gasteiger partial charge in [-0.25, -0.2) is 0 Å². The molecule has 1 aromatic rings. The van der Waals surface area contributed by atoms with E-state index in [2.05, 4.69) is 20.8 Å². The van der Waals surface area contributed by atoms with Crippen LogP contribution in [0.4, 0.5) is 0 Å². The Morgan fingerprint density at radius 3 is 2.05 bits per heavy atom. The number of aliphatic hydroxyl groups excluding tert-OH is 1. The van der Waals surface area contributed by atoms with Crippen LogP contribution in [0.2, 0.25) is 0 Å². The van der Waals surface area contributed by atoms with Crippen LogP contribution in [-0.4, -0.2) is 25.9 Å². The molecular weight excluding hydrogens is 252 g/mol. The summed E-state index contributed by atoms with van der Waals surface area (Å²) in [6.07, 6.45) is 3.64. The Morgan fingerprint density at radius 2 is 1.55 bits per heavy atom. The molecule has 3 heteroatoms. The summed E-state index contributed by atoms with van der Waals surface area (Å²) < 4.78 is 11.1. The van der Waals surface area contributed by atoms with Crippen LogP contribution in [0.5, 0.6) is 11.5 Å². The molecule has 0 unspecified atom stereocenters. The van der Waals surface area contributed by atoms with E-state index in [1.165, 1.54) is 11.1 Å². The van der Waals surface area contributed by atoms with Gasteiger partial charge in [-0.3, -0.25) is 0 Å². The molecule has 3 nitrogen and oxygen atoms in total. The molecule has 1 aromatic carbocycles. The van der Waals surface area contributed by atoms with E-state index in [9.17, 15) is 0 Å². The van der Waals surface area contributed by atoms with Crippen molar-refractivity contribution in [2.45, 2.75) is 40.5 Å². The zero-order valence-corrected chi connectivity index (χ0v) is 13.5. The summed E-state index contributed by atoms with van der Waals surface area (Å²) in [5.41, 5.74) is 5.79. The van der Waals surface area contributed by atoms with Crippen molar-refractivity contribution in [3.05, 3.63) is 33.9 Å². The first-order valence-corrected chi connectivity index (χ1v) is 6.95. The molecule has 1 N–H and O–H groups in total. The number of hydrogen-bond donors (Lipinski definition) is 1. The van der Waals surface area contributed by atoms with Gasteiger partial charge in [0.1, 0.15) is 11.5 Å². The molecule has 112 valence electrons. The van der Waals surface area contributed by atoms with Crippen molar-refractivity contribution in [2.24, 2.45) is 0 Å². The number of methoxy groups -OCH3 is 2. The van der Waals surface area contributed by atoms with Gasteiger partial charge >= 0.3 is 0 Å². The molecule has 1 rings (SSSR count). The Morgan fingerprint density at radius 1 is 1.00 bits per heavy atom. The maximum absolute atomic E-state index is 8.93. The SMILES string of the molecule is COc1c(C)c(C)c(OC)c(CC/C(C)=C\CO)c1C. The standard InChI is InChI=1S/C17H26O3/c1-11(9-10-18)7-8-15-14(4)16(19-5)12(2)13(3)17(15)20-6/h9,18H,7-8,10H2,1-6H3/b11-9-. The lowest BCUT2D eigenvalue weighted by molar-refractivity contribution is 0.341. The second-order valence-electron chi connectivity index (χ2n) is 5.15. The van der Waals surface area contributed by atoms with E-state index < -0.39 is 0 Å². The third kappa shape index (κ3) is 3.34. The van der Waals surface area contributed by atoms with Crippen LogP contribution in [0, 0.1) is 20.8 Å². The molecule has 0 aliphatic rings. The monoisotopic (exact) mass is 278 g/mol. The lowest BCUT2D eigenvalue weighted by Gasteiger charge is -2.20. The van der Waals surface area contributed by atoms with Gasteiger partial charge in [0.15, 0.2) is 0 Å². The van der Waals surface area contributed by atoms with Crippen LogP contribution < -0.4 is 9.47 Å². The van der Waals surface area contributed by atoms with Gasteiger partial charge in [0.25, 0.3) is 0 Å². The Labute approximate surface area is 122 Å². The second kappa shape index (κ2) is 7.34. The fourth-order valence-corrected chi connectivity index (χ4v) is 2.62. The highest BCUT2D eigenvalue weighted by Crippen LogP contribution is 2.38. The molecule has 0 spiro atoms. The molecule has 0 atom stereocenters. The molecule has 0 aliphatic carbocycles. The highest BCUT2D eigenvalue weighted by atomic mass is 16.5. The minimum absolute atomic E-state index is 0.0954. The van der Waals surface area contributed by atoms with E-state index in [1.807, 2.05) is 13.0 Å². The summed E-state index contributed by atoms with van der Waals surface area (Å²) in [6, 6.07) is 0. The van der Waals surface area contributed by atoms with Gasteiger partial charge < -0.3 is 14.6 Å². The normalized spacial score (nSPS) is 11.7. The molecule has 0 aliphatic heterocycles. The fourth-order valence-electron chi connectivity index (χ4n) is 2.62. The van der Waals surface area contributed by atoms with Gasteiger partial charge in [-0.1, -0.05) is 11.6 Å². The summed E-state index contributed by atoms with van der Waals surface area (Å²) in [6.45, 7) is 8.34. The second-order valence-corrected chi connectivity index (χ2v) is 5.15. The van der Waals surface area contributed by atoms with Crippen molar-refractivity contribution in [1.82, 2.24) is 0 Å². The minimum atomic E-state index is 0.0954. The van der Waals surface area contributed by atoms with E-state index in [4.69, 9.17) is 14.6 Å². The van der Waals surface area contributed by atoms with Crippen LogP contribution in [0.3, 0.4) is 0 Å². The van der Waals surface area contributed by atoms with Crippen LogP contribution in [0.1, 0.15) is 35.6 Å². The molecule has 0 fully saturated rings. The third-order valence-electron chi connectivity index (χ3n) is 3.93. The van der Waals surface area contributed by atoms with Gasteiger partial charge in [0.05, 0.1) is 20.8 Å². The van der Waals surface area contributed by atoms with Gasteiger partial charge in [0.2, 0.25) is 0 Å². The zero-order valence-electron chi connectivity index (χ0n) is 13.5. The number of allylic oxidation sites excluding steroid dienone is 1. The summed E-state index contributed by atoms with van der Waals surface area (Å²) in [7, 11) is 3.43. The summed E-state index contributed by atoms with van der Waals surface area (Å²) in [5, 5.41) is 8.93. The van der Waals surface area contributed by atoms with E-state index in [1.54, 1.807) is 14.2 Å². The largest absolute Gasteiger partial charge is 0.496 e. The average molecular weight is 278 g/mol. The Bertz CT molecular complexity index is 502. The Balaban J connectivity index is 3.23. The van der Waals surface area contributed by atoms with E-state index in [0.717, 1.165) is 41.0 Å². The maximum Gasteiger partial charge on any atom is 0.125 e. The topological polar surface area (TPSA) is 38.7 Å². The van der Waals surface area contributed by atoms with Crippen LogP contribution in [-0.2, 0) is 6.42 Å². The van der Waals surface area contributed by atoms with Crippen molar-refractivity contribution < 1.29 is 14.6 Å². The predicted molar refractivity (Wildman–Crippen MR) is 82.9 cm³/mol. The average Bonchev–Trinajstić information content (AvgIpc) is 2.42. The highest BCUT2D eigenvalue weighted by molar-refractivity contribution is 5.58. The van der Waals surface area contributed by atoms with Crippen molar-refractivity contribution in [3.8, 4) is 11.5 Å². The summed E-state index contributed by atoms with van der Waals surface area (Å²) >= 11 is 0. The van der Waals surface area contributed by atoms with E-state index in [0.29, 0.717) is 0 Å². The van der Waals surface area contributed by atoms with E-state index >= 15 is 0 Å².